The molecule has 9 nitrogen and oxygen atoms in total. The summed E-state index contributed by atoms with van der Waals surface area (Å²) < 4.78 is 34.7. The molecular formula is C63H123NO8P+. The molecule has 10 heteroatoms. The number of hydrogen-bond acceptors (Lipinski definition) is 7. The van der Waals surface area contributed by atoms with Crippen molar-refractivity contribution in [1.82, 2.24) is 0 Å². The molecule has 0 spiro atoms. The molecule has 0 bridgehead atoms. The van der Waals surface area contributed by atoms with Gasteiger partial charge in [0, 0.05) is 12.8 Å². The minimum atomic E-state index is -4.38. The monoisotopic (exact) mass is 1050 g/mol. The summed E-state index contributed by atoms with van der Waals surface area (Å²) in [5.74, 6) is -0.777. The number of carbonyl (C=O) groups excluding carboxylic acids is 2. The second kappa shape index (κ2) is 55.3. The van der Waals surface area contributed by atoms with Crippen LogP contribution in [0.3, 0.4) is 0 Å². The summed E-state index contributed by atoms with van der Waals surface area (Å²) in [6.45, 7) is 4.49. The number of esters is 2. The van der Waals surface area contributed by atoms with E-state index in [1.54, 1.807) is 0 Å². The Morgan fingerprint density at radius 1 is 0.425 bits per heavy atom. The molecule has 0 aromatic heterocycles. The van der Waals surface area contributed by atoms with E-state index in [9.17, 15) is 19.0 Å². The van der Waals surface area contributed by atoms with Gasteiger partial charge >= 0.3 is 19.8 Å². The first-order chi connectivity index (χ1) is 35.5. The molecule has 2 unspecified atom stereocenters. The van der Waals surface area contributed by atoms with Gasteiger partial charge in [0.2, 0.25) is 0 Å². The van der Waals surface area contributed by atoms with E-state index in [0.717, 1.165) is 38.5 Å². The van der Waals surface area contributed by atoms with Gasteiger partial charge in [0.25, 0.3) is 0 Å². The van der Waals surface area contributed by atoms with E-state index in [4.69, 9.17) is 18.5 Å². The molecule has 0 aliphatic carbocycles. The van der Waals surface area contributed by atoms with Crippen LogP contribution < -0.4 is 0 Å². The highest BCUT2D eigenvalue weighted by atomic mass is 31.2. The lowest BCUT2D eigenvalue weighted by Gasteiger charge is -2.24. The number of carbonyl (C=O) groups is 2. The van der Waals surface area contributed by atoms with Gasteiger partial charge in [-0.1, -0.05) is 282 Å². The van der Waals surface area contributed by atoms with Crippen molar-refractivity contribution in [2.24, 2.45) is 0 Å². The second-order valence-corrected chi connectivity index (χ2v) is 24.3. The van der Waals surface area contributed by atoms with Crippen LogP contribution >= 0.6 is 7.82 Å². The number of likely N-dealkylation sites (N-methyl/N-ethyl adjacent to an activating group) is 1. The zero-order valence-corrected chi connectivity index (χ0v) is 50.0. The molecule has 0 aliphatic heterocycles. The molecule has 0 fully saturated rings. The topological polar surface area (TPSA) is 108 Å². The predicted molar refractivity (Wildman–Crippen MR) is 312 cm³/mol. The molecule has 0 aromatic rings. The fraction of sp³-hybridized carbons (Fsp3) is 0.905. The molecule has 0 heterocycles. The summed E-state index contributed by atoms with van der Waals surface area (Å²) in [7, 11) is 1.50. The molecular weight excluding hydrogens is 930 g/mol. The number of quaternary nitrogens is 1. The van der Waals surface area contributed by atoms with Crippen LogP contribution in [0, 0.1) is 0 Å². The van der Waals surface area contributed by atoms with Crippen molar-refractivity contribution in [3.8, 4) is 0 Å². The Balaban J connectivity index is 4.07. The van der Waals surface area contributed by atoms with Crippen LogP contribution in [0.25, 0.3) is 0 Å². The minimum absolute atomic E-state index is 0.0350. The number of nitrogens with zero attached hydrogens (tertiary/aromatic N) is 1. The highest BCUT2D eigenvalue weighted by molar-refractivity contribution is 7.47. The van der Waals surface area contributed by atoms with Crippen molar-refractivity contribution < 1.29 is 42.1 Å². The van der Waals surface area contributed by atoms with E-state index >= 15 is 0 Å². The highest BCUT2D eigenvalue weighted by Gasteiger charge is 2.27. The Kier molecular flexibility index (Phi) is 54.1. The smallest absolute Gasteiger partial charge is 0.462 e. The second-order valence-electron chi connectivity index (χ2n) is 22.8. The van der Waals surface area contributed by atoms with Gasteiger partial charge in [-0.2, -0.15) is 0 Å². The van der Waals surface area contributed by atoms with Gasteiger partial charge in [0.1, 0.15) is 19.8 Å². The number of allylic oxidation sites excluding steroid dienone is 4. The zero-order valence-electron chi connectivity index (χ0n) is 49.1. The molecule has 0 rings (SSSR count). The van der Waals surface area contributed by atoms with Gasteiger partial charge in [-0.05, 0) is 44.9 Å². The van der Waals surface area contributed by atoms with Crippen molar-refractivity contribution in [2.75, 3.05) is 47.5 Å². The Morgan fingerprint density at radius 2 is 0.740 bits per heavy atom. The first-order valence-electron chi connectivity index (χ1n) is 31.6. The van der Waals surface area contributed by atoms with E-state index in [-0.39, 0.29) is 25.6 Å². The minimum Gasteiger partial charge on any atom is -0.462 e. The standard InChI is InChI=1S/C63H122NO8P/c1-6-8-10-12-14-16-18-20-22-24-26-28-30-31-32-33-34-36-38-40-42-44-46-48-50-52-54-56-63(66)72-61(60-71-73(67,68)70-58-57-64(3,4)5)59-69-62(65)55-53-51-49-47-45-43-41-39-37-35-29-27-25-23-21-19-17-15-13-11-9-7-2/h18,20,24,26,61H,6-17,19,21-23,25,27-60H2,1-5H3/p+1/b20-18-,26-24-. The van der Waals surface area contributed by atoms with Crippen LogP contribution in [0.1, 0.15) is 316 Å². The molecule has 0 radical (unpaired) electrons. The van der Waals surface area contributed by atoms with E-state index < -0.39 is 26.5 Å². The third kappa shape index (κ3) is 59.6. The zero-order chi connectivity index (χ0) is 53.5. The third-order valence-corrected chi connectivity index (χ3v) is 15.2. The first kappa shape index (κ1) is 71.5. The van der Waals surface area contributed by atoms with Gasteiger partial charge in [-0.25, -0.2) is 4.57 Å². The lowest BCUT2D eigenvalue weighted by Crippen LogP contribution is -2.37. The SMILES string of the molecule is CCCCCCC/C=C\C/C=C\CCCCCCCCCCCCCCCCCC(=O)OC(COC(=O)CCCCCCCCCCCCCCCCCCCCCCCC)COP(=O)(O)OCC[N+](C)(C)C. The summed E-state index contributed by atoms with van der Waals surface area (Å²) in [5, 5.41) is 0. The molecule has 2 atom stereocenters. The van der Waals surface area contributed by atoms with Crippen LogP contribution in [0.15, 0.2) is 24.3 Å². The maximum absolute atomic E-state index is 12.8. The maximum atomic E-state index is 12.8. The van der Waals surface area contributed by atoms with E-state index in [2.05, 4.69) is 38.2 Å². The van der Waals surface area contributed by atoms with Crippen LogP contribution in [0.5, 0.6) is 0 Å². The van der Waals surface area contributed by atoms with Gasteiger partial charge in [-0.15, -0.1) is 0 Å². The quantitative estimate of drug-likeness (QED) is 0.0211. The Bertz CT molecular complexity index is 1280. The third-order valence-electron chi connectivity index (χ3n) is 14.2. The molecule has 0 aromatic carbocycles. The van der Waals surface area contributed by atoms with Crippen molar-refractivity contribution >= 4 is 19.8 Å². The summed E-state index contributed by atoms with van der Waals surface area (Å²) in [5.41, 5.74) is 0. The number of ether oxygens (including phenoxy) is 2. The molecule has 1 N–H and O–H groups in total. The lowest BCUT2D eigenvalue weighted by atomic mass is 10.0. The highest BCUT2D eigenvalue weighted by Crippen LogP contribution is 2.43. The average Bonchev–Trinajstić information content (AvgIpc) is 3.35. The number of hydrogen-bond donors (Lipinski definition) is 1. The van der Waals surface area contributed by atoms with Crippen LogP contribution in [0.4, 0.5) is 0 Å². The Hall–Kier alpha value is -1.51. The first-order valence-corrected chi connectivity index (χ1v) is 33.1. The Morgan fingerprint density at radius 3 is 1.08 bits per heavy atom. The van der Waals surface area contributed by atoms with Crippen LogP contribution in [-0.2, 0) is 32.7 Å². The number of phosphoric ester groups is 1. The van der Waals surface area contributed by atoms with Crippen LogP contribution in [-0.4, -0.2) is 74.9 Å². The summed E-state index contributed by atoms with van der Waals surface area (Å²) in [6, 6.07) is 0. The fourth-order valence-corrected chi connectivity index (χ4v) is 10.1. The number of phosphoric acid groups is 1. The number of rotatable bonds is 59. The van der Waals surface area contributed by atoms with Gasteiger partial charge in [-0.3, -0.25) is 18.6 Å². The summed E-state index contributed by atoms with van der Waals surface area (Å²) in [6.07, 6.45) is 66.8. The van der Waals surface area contributed by atoms with E-state index in [0.29, 0.717) is 23.9 Å². The summed E-state index contributed by atoms with van der Waals surface area (Å²) in [4.78, 5) is 35.8. The van der Waals surface area contributed by atoms with Gasteiger partial charge in [0.05, 0.1) is 27.7 Å². The molecule has 0 amide bonds. The largest absolute Gasteiger partial charge is 0.472 e. The molecule has 0 saturated carbocycles. The summed E-state index contributed by atoms with van der Waals surface area (Å²) >= 11 is 0. The predicted octanol–water partition coefficient (Wildman–Crippen LogP) is 19.8. The van der Waals surface area contributed by atoms with Gasteiger partial charge in [0.15, 0.2) is 6.10 Å². The van der Waals surface area contributed by atoms with Gasteiger partial charge < -0.3 is 18.9 Å². The molecule has 73 heavy (non-hydrogen) atoms. The van der Waals surface area contributed by atoms with Crippen molar-refractivity contribution in [1.29, 1.82) is 0 Å². The average molecular weight is 1050 g/mol. The van der Waals surface area contributed by atoms with Crippen molar-refractivity contribution in [2.45, 2.75) is 322 Å². The molecule has 432 valence electrons. The molecule has 0 saturated heterocycles. The molecule has 0 aliphatic rings. The van der Waals surface area contributed by atoms with Crippen molar-refractivity contribution in [3.05, 3.63) is 24.3 Å². The fourth-order valence-electron chi connectivity index (χ4n) is 9.34. The normalized spacial score (nSPS) is 13.3. The Labute approximate surface area is 453 Å². The van der Waals surface area contributed by atoms with Crippen molar-refractivity contribution in [3.63, 3.8) is 0 Å². The maximum Gasteiger partial charge on any atom is 0.472 e. The lowest BCUT2D eigenvalue weighted by molar-refractivity contribution is -0.870. The number of unbranched alkanes of at least 4 members (excludes halogenated alkanes) is 41. The van der Waals surface area contributed by atoms with E-state index in [1.807, 2.05) is 21.1 Å². The van der Waals surface area contributed by atoms with E-state index in [1.165, 1.54) is 244 Å². The van der Waals surface area contributed by atoms with Crippen LogP contribution in [0.2, 0.25) is 0 Å².